The molecule has 0 atom stereocenters. The van der Waals surface area contributed by atoms with Crippen LogP contribution >= 0.6 is 0 Å². The zero-order valence-electron chi connectivity index (χ0n) is 9.76. The molecule has 1 heteroatoms. The third-order valence-electron chi connectivity index (χ3n) is 2.82. The monoisotopic (exact) mass is 206 g/mol. The van der Waals surface area contributed by atoms with Crippen LogP contribution in [-0.2, 0) is 0 Å². The van der Waals surface area contributed by atoms with Gasteiger partial charge < -0.3 is 5.11 Å². The summed E-state index contributed by atoms with van der Waals surface area (Å²) in [4.78, 5) is 0. The molecule has 0 aromatic heterocycles. The third kappa shape index (κ3) is 4.51. The minimum Gasteiger partial charge on any atom is -0.396 e. The average Bonchev–Trinajstić information content (AvgIpc) is 2.30. The van der Waals surface area contributed by atoms with Crippen molar-refractivity contribution in [2.24, 2.45) is 0 Å². The zero-order chi connectivity index (χ0) is 10.9. The second-order valence-corrected chi connectivity index (χ2v) is 4.02. The molecular weight excluding hydrogens is 184 g/mol. The van der Waals surface area contributed by atoms with Gasteiger partial charge in [0.15, 0.2) is 0 Å². The number of rotatable bonds is 5. The lowest BCUT2D eigenvalue weighted by Gasteiger charge is -2.13. The Morgan fingerprint density at radius 2 is 2.40 bits per heavy atom. The van der Waals surface area contributed by atoms with Gasteiger partial charge in [0.25, 0.3) is 0 Å². The SMILES string of the molecule is CCC(=C=CCCCO)C1=CCCCC1. The number of allylic oxidation sites excluding steroid dienone is 3. The Bertz CT molecular complexity index is 267. The van der Waals surface area contributed by atoms with Crippen molar-refractivity contribution in [1.29, 1.82) is 0 Å². The lowest BCUT2D eigenvalue weighted by Crippen LogP contribution is -1.94. The van der Waals surface area contributed by atoms with Gasteiger partial charge in [0.1, 0.15) is 0 Å². The molecule has 1 rings (SSSR count). The highest BCUT2D eigenvalue weighted by Crippen LogP contribution is 2.24. The van der Waals surface area contributed by atoms with E-state index in [9.17, 15) is 0 Å². The van der Waals surface area contributed by atoms with Gasteiger partial charge in [-0.05, 0) is 62.2 Å². The summed E-state index contributed by atoms with van der Waals surface area (Å²) in [6, 6.07) is 0. The smallest absolute Gasteiger partial charge is 0.0434 e. The molecule has 0 saturated carbocycles. The normalized spacial score (nSPS) is 15.5. The summed E-state index contributed by atoms with van der Waals surface area (Å²) in [7, 11) is 0. The predicted molar refractivity (Wildman–Crippen MR) is 64.8 cm³/mol. The third-order valence-corrected chi connectivity index (χ3v) is 2.82. The Hall–Kier alpha value is -0.780. The van der Waals surface area contributed by atoms with Crippen molar-refractivity contribution in [3.05, 3.63) is 29.0 Å². The molecule has 84 valence electrons. The van der Waals surface area contributed by atoms with Crippen molar-refractivity contribution in [3.63, 3.8) is 0 Å². The van der Waals surface area contributed by atoms with Crippen molar-refractivity contribution in [2.75, 3.05) is 6.61 Å². The van der Waals surface area contributed by atoms with Crippen LogP contribution in [0.5, 0.6) is 0 Å². The zero-order valence-corrected chi connectivity index (χ0v) is 9.76. The maximum atomic E-state index is 8.67. The van der Waals surface area contributed by atoms with Crippen LogP contribution in [0.3, 0.4) is 0 Å². The molecule has 0 aliphatic heterocycles. The summed E-state index contributed by atoms with van der Waals surface area (Å²) in [5.41, 5.74) is 6.26. The molecule has 0 saturated heterocycles. The van der Waals surface area contributed by atoms with E-state index >= 15 is 0 Å². The number of hydrogen-bond acceptors (Lipinski definition) is 1. The van der Waals surface area contributed by atoms with Gasteiger partial charge in [-0.15, -0.1) is 5.73 Å². The quantitative estimate of drug-likeness (QED) is 0.536. The molecule has 0 bridgehead atoms. The first-order valence-corrected chi connectivity index (χ1v) is 6.12. The highest BCUT2D eigenvalue weighted by atomic mass is 16.2. The predicted octanol–water partition coefficient (Wildman–Crippen LogP) is 3.75. The van der Waals surface area contributed by atoms with E-state index in [0.29, 0.717) is 0 Å². The van der Waals surface area contributed by atoms with Crippen molar-refractivity contribution < 1.29 is 5.11 Å². The van der Waals surface area contributed by atoms with Crippen LogP contribution in [0, 0.1) is 0 Å². The number of unbranched alkanes of at least 4 members (excludes halogenated alkanes) is 1. The second kappa shape index (κ2) is 7.50. The number of aliphatic hydroxyl groups excluding tert-OH is 1. The fourth-order valence-electron chi connectivity index (χ4n) is 1.92. The maximum absolute atomic E-state index is 8.67. The standard InChI is InChI=1S/C14H22O/c1-2-13(9-7-4-8-12-15)14-10-5-3-6-11-14/h7,10,15H,2-6,8,11-12H2,1H3. The Balaban J connectivity index is 2.60. The molecule has 0 amide bonds. The fraction of sp³-hybridized carbons (Fsp3) is 0.643. The van der Waals surface area contributed by atoms with Crippen LogP contribution in [0.4, 0.5) is 0 Å². The van der Waals surface area contributed by atoms with E-state index in [1.807, 2.05) is 0 Å². The van der Waals surface area contributed by atoms with E-state index in [2.05, 4.69) is 24.8 Å². The van der Waals surface area contributed by atoms with E-state index < -0.39 is 0 Å². The van der Waals surface area contributed by atoms with Crippen molar-refractivity contribution >= 4 is 0 Å². The number of aliphatic hydroxyl groups is 1. The van der Waals surface area contributed by atoms with Crippen LogP contribution < -0.4 is 0 Å². The molecule has 15 heavy (non-hydrogen) atoms. The van der Waals surface area contributed by atoms with E-state index in [-0.39, 0.29) is 6.61 Å². The fourth-order valence-corrected chi connectivity index (χ4v) is 1.92. The summed E-state index contributed by atoms with van der Waals surface area (Å²) < 4.78 is 0. The topological polar surface area (TPSA) is 20.2 Å². The van der Waals surface area contributed by atoms with Gasteiger partial charge in [-0.1, -0.05) is 13.0 Å². The van der Waals surface area contributed by atoms with Gasteiger partial charge in [-0.25, -0.2) is 0 Å². The molecule has 0 spiro atoms. The Kier molecular flexibility index (Phi) is 6.15. The van der Waals surface area contributed by atoms with Gasteiger partial charge in [0.2, 0.25) is 0 Å². The molecule has 0 radical (unpaired) electrons. The Labute approximate surface area is 93.2 Å². The van der Waals surface area contributed by atoms with Gasteiger partial charge in [0.05, 0.1) is 0 Å². The molecule has 0 fully saturated rings. The Morgan fingerprint density at radius 1 is 1.53 bits per heavy atom. The average molecular weight is 206 g/mol. The summed E-state index contributed by atoms with van der Waals surface area (Å²) in [5.74, 6) is 0. The molecular formula is C14H22O. The minimum atomic E-state index is 0.280. The summed E-state index contributed by atoms with van der Waals surface area (Å²) >= 11 is 0. The highest BCUT2D eigenvalue weighted by molar-refractivity contribution is 5.31. The highest BCUT2D eigenvalue weighted by Gasteiger charge is 2.06. The first-order valence-electron chi connectivity index (χ1n) is 6.12. The van der Waals surface area contributed by atoms with Gasteiger partial charge >= 0.3 is 0 Å². The second-order valence-electron chi connectivity index (χ2n) is 4.02. The van der Waals surface area contributed by atoms with Crippen molar-refractivity contribution in [1.82, 2.24) is 0 Å². The van der Waals surface area contributed by atoms with Crippen LogP contribution in [0.15, 0.2) is 29.0 Å². The van der Waals surface area contributed by atoms with Crippen LogP contribution in [0.2, 0.25) is 0 Å². The first-order chi connectivity index (χ1) is 7.38. The van der Waals surface area contributed by atoms with E-state index in [1.54, 1.807) is 0 Å². The molecule has 1 N–H and O–H groups in total. The number of hydrogen-bond donors (Lipinski definition) is 1. The molecule has 0 aromatic rings. The lowest BCUT2D eigenvalue weighted by molar-refractivity contribution is 0.289. The lowest BCUT2D eigenvalue weighted by atomic mass is 9.92. The van der Waals surface area contributed by atoms with Crippen molar-refractivity contribution in [3.8, 4) is 0 Å². The van der Waals surface area contributed by atoms with E-state index in [1.165, 1.54) is 36.8 Å². The van der Waals surface area contributed by atoms with Gasteiger partial charge in [-0.2, -0.15) is 0 Å². The van der Waals surface area contributed by atoms with Crippen molar-refractivity contribution in [2.45, 2.75) is 51.9 Å². The molecule has 1 nitrogen and oxygen atoms in total. The van der Waals surface area contributed by atoms with Gasteiger partial charge in [-0.3, -0.25) is 0 Å². The summed E-state index contributed by atoms with van der Waals surface area (Å²) in [6.07, 6.45) is 12.4. The van der Waals surface area contributed by atoms with E-state index in [4.69, 9.17) is 5.11 Å². The van der Waals surface area contributed by atoms with Gasteiger partial charge in [0, 0.05) is 6.61 Å². The summed E-state index contributed by atoms with van der Waals surface area (Å²) in [5, 5.41) is 8.67. The Morgan fingerprint density at radius 3 is 3.00 bits per heavy atom. The minimum absolute atomic E-state index is 0.280. The molecule has 1 aliphatic carbocycles. The molecule has 0 heterocycles. The molecule has 0 aromatic carbocycles. The van der Waals surface area contributed by atoms with Crippen LogP contribution in [-0.4, -0.2) is 11.7 Å². The van der Waals surface area contributed by atoms with E-state index in [0.717, 1.165) is 19.3 Å². The molecule has 0 unspecified atom stereocenters. The first kappa shape index (κ1) is 12.3. The van der Waals surface area contributed by atoms with Crippen LogP contribution in [0.25, 0.3) is 0 Å². The molecule has 1 aliphatic rings. The van der Waals surface area contributed by atoms with Crippen LogP contribution in [0.1, 0.15) is 51.9 Å². The largest absolute Gasteiger partial charge is 0.396 e. The maximum Gasteiger partial charge on any atom is 0.0434 e. The summed E-state index contributed by atoms with van der Waals surface area (Å²) in [6.45, 7) is 2.47.